The summed E-state index contributed by atoms with van der Waals surface area (Å²) in [6.07, 6.45) is 3.45. The molecule has 4 rings (SSSR count). The molecular weight excluding hydrogens is 457 g/mol. The number of benzene rings is 2. The number of pyridine rings is 1. The van der Waals surface area contributed by atoms with Crippen molar-refractivity contribution in [1.29, 1.82) is 0 Å². The summed E-state index contributed by atoms with van der Waals surface area (Å²) in [4.78, 5) is 18.5. The molecule has 0 bridgehead atoms. The zero-order valence-corrected chi connectivity index (χ0v) is 19.9. The summed E-state index contributed by atoms with van der Waals surface area (Å²) in [5, 5.41) is 0. The number of carbonyl (C=O) groups excluding carboxylic acids is 1. The normalized spacial score (nSPS) is 14.7. The summed E-state index contributed by atoms with van der Waals surface area (Å²) >= 11 is 0. The van der Waals surface area contributed by atoms with Gasteiger partial charge in [-0.3, -0.25) is 9.78 Å². The third-order valence-corrected chi connectivity index (χ3v) is 7.73. The first-order chi connectivity index (χ1) is 16.3. The lowest BCUT2D eigenvalue weighted by Crippen LogP contribution is -2.50. The molecule has 34 heavy (non-hydrogen) atoms. The second kappa shape index (κ2) is 9.90. The number of aryl methyl sites for hydroxylation is 2. The predicted molar refractivity (Wildman–Crippen MR) is 126 cm³/mol. The minimum absolute atomic E-state index is 0.104. The molecule has 0 aliphatic carbocycles. The number of amides is 1. The van der Waals surface area contributed by atoms with Crippen molar-refractivity contribution in [2.24, 2.45) is 0 Å². The van der Waals surface area contributed by atoms with E-state index in [1.807, 2.05) is 26.0 Å². The molecule has 1 saturated heterocycles. The number of sulfonamides is 1. The van der Waals surface area contributed by atoms with E-state index in [4.69, 9.17) is 4.74 Å². The second-order valence-electron chi connectivity index (χ2n) is 8.22. The van der Waals surface area contributed by atoms with E-state index < -0.39 is 15.8 Å². The fourth-order valence-electron chi connectivity index (χ4n) is 4.05. The molecule has 0 saturated carbocycles. The Morgan fingerprint density at radius 2 is 1.71 bits per heavy atom. The lowest BCUT2D eigenvalue weighted by atomic mass is 10.0. The maximum Gasteiger partial charge on any atom is 0.253 e. The monoisotopic (exact) mass is 483 g/mol. The summed E-state index contributed by atoms with van der Waals surface area (Å²) < 4.78 is 46.9. The number of piperazine rings is 1. The van der Waals surface area contributed by atoms with Crippen molar-refractivity contribution in [2.45, 2.75) is 25.3 Å². The SMILES string of the molecule is Cc1cc(C(=O)N2CCN(S(=O)(=O)c3ccccc3F)CC2)cc(C)c1OCc1cccnc1. The molecule has 7 nitrogen and oxygen atoms in total. The molecule has 1 aromatic heterocycles. The van der Waals surface area contributed by atoms with E-state index in [0.29, 0.717) is 12.2 Å². The van der Waals surface area contributed by atoms with Crippen LogP contribution in [0.1, 0.15) is 27.0 Å². The first-order valence-electron chi connectivity index (χ1n) is 10.9. The van der Waals surface area contributed by atoms with E-state index in [1.165, 1.54) is 22.5 Å². The highest BCUT2D eigenvalue weighted by atomic mass is 32.2. The first-order valence-corrected chi connectivity index (χ1v) is 12.4. The molecule has 0 spiro atoms. The van der Waals surface area contributed by atoms with Gasteiger partial charge in [0.05, 0.1) is 0 Å². The largest absolute Gasteiger partial charge is 0.488 e. The van der Waals surface area contributed by atoms with Crippen molar-refractivity contribution in [3.63, 3.8) is 0 Å². The Kier molecular flexibility index (Phi) is 6.95. The van der Waals surface area contributed by atoms with Gasteiger partial charge in [0.15, 0.2) is 0 Å². The zero-order valence-electron chi connectivity index (χ0n) is 19.1. The lowest BCUT2D eigenvalue weighted by Gasteiger charge is -2.34. The van der Waals surface area contributed by atoms with E-state index in [9.17, 15) is 17.6 Å². The van der Waals surface area contributed by atoms with Gasteiger partial charge in [-0.1, -0.05) is 18.2 Å². The average Bonchev–Trinajstić information content (AvgIpc) is 2.84. The molecule has 0 unspecified atom stereocenters. The van der Waals surface area contributed by atoms with Gasteiger partial charge in [0.1, 0.15) is 23.1 Å². The number of rotatable bonds is 6. The molecule has 0 N–H and O–H groups in total. The molecule has 0 radical (unpaired) electrons. The van der Waals surface area contributed by atoms with E-state index in [-0.39, 0.29) is 37.0 Å². The summed E-state index contributed by atoms with van der Waals surface area (Å²) in [5.74, 6) is -0.230. The molecule has 0 atom stereocenters. The highest BCUT2D eigenvalue weighted by Crippen LogP contribution is 2.27. The fourth-order valence-corrected chi connectivity index (χ4v) is 5.53. The van der Waals surface area contributed by atoms with Crippen LogP contribution in [0.4, 0.5) is 4.39 Å². The summed E-state index contributed by atoms with van der Waals surface area (Å²) in [6, 6.07) is 12.7. The number of carbonyl (C=O) groups is 1. The number of aromatic nitrogens is 1. The summed E-state index contributed by atoms with van der Waals surface area (Å²) in [7, 11) is -3.96. The highest BCUT2D eigenvalue weighted by Gasteiger charge is 2.32. The molecule has 1 amide bonds. The van der Waals surface area contributed by atoms with Gasteiger partial charge >= 0.3 is 0 Å². The summed E-state index contributed by atoms with van der Waals surface area (Å²) in [6.45, 7) is 4.82. The van der Waals surface area contributed by atoms with Gasteiger partial charge in [-0.15, -0.1) is 0 Å². The standard InChI is InChI=1S/C25H26FN3O4S/c1-18-14-21(15-19(2)24(18)33-17-20-6-5-9-27-16-20)25(30)28-10-12-29(13-11-28)34(31,32)23-8-4-3-7-22(23)26/h3-9,14-16H,10-13,17H2,1-2H3. The van der Waals surface area contributed by atoms with Crippen LogP contribution in [-0.4, -0.2) is 54.7 Å². The Balaban J connectivity index is 1.42. The first kappa shape index (κ1) is 23.8. The van der Waals surface area contributed by atoms with Gasteiger partial charge in [0, 0.05) is 49.7 Å². The molecule has 2 heterocycles. The van der Waals surface area contributed by atoms with Crippen LogP contribution < -0.4 is 4.74 Å². The Bertz CT molecular complexity index is 1270. The van der Waals surface area contributed by atoms with Crippen molar-refractivity contribution >= 4 is 15.9 Å². The lowest BCUT2D eigenvalue weighted by molar-refractivity contribution is 0.0697. The van der Waals surface area contributed by atoms with Crippen LogP contribution in [0, 0.1) is 19.7 Å². The van der Waals surface area contributed by atoms with Gasteiger partial charge in [0.25, 0.3) is 5.91 Å². The predicted octanol–water partition coefficient (Wildman–Crippen LogP) is 3.56. The van der Waals surface area contributed by atoms with Gasteiger partial charge in [-0.25, -0.2) is 12.8 Å². The summed E-state index contributed by atoms with van der Waals surface area (Å²) in [5.41, 5.74) is 3.15. The zero-order chi connectivity index (χ0) is 24.3. The topological polar surface area (TPSA) is 79.8 Å². The Morgan fingerprint density at radius 3 is 2.32 bits per heavy atom. The molecule has 3 aromatic rings. The van der Waals surface area contributed by atoms with Crippen molar-refractivity contribution in [1.82, 2.24) is 14.2 Å². The Morgan fingerprint density at radius 1 is 1.03 bits per heavy atom. The third-order valence-electron chi connectivity index (χ3n) is 5.79. The van der Waals surface area contributed by atoms with E-state index >= 15 is 0 Å². The van der Waals surface area contributed by atoms with Crippen molar-refractivity contribution in [3.05, 3.63) is 89.0 Å². The van der Waals surface area contributed by atoms with Gasteiger partial charge in [0.2, 0.25) is 10.0 Å². The van der Waals surface area contributed by atoms with Crippen LogP contribution in [0.15, 0.2) is 65.8 Å². The van der Waals surface area contributed by atoms with Crippen LogP contribution in [0.25, 0.3) is 0 Å². The van der Waals surface area contributed by atoms with E-state index in [1.54, 1.807) is 29.4 Å². The maximum atomic E-state index is 14.0. The molecule has 2 aromatic carbocycles. The van der Waals surface area contributed by atoms with Crippen molar-refractivity contribution in [3.8, 4) is 5.75 Å². The van der Waals surface area contributed by atoms with E-state index in [0.717, 1.165) is 28.5 Å². The van der Waals surface area contributed by atoms with Crippen LogP contribution in [0.3, 0.4) is 0 Å². The molecule has 1 aliphatic rings. The minimum Gasteiger partial charge on any atom is -0.488 e. The Hall–Kier alpha value is -3.30. The van der Waals surface area contributed by atoms with Crippen LogP contribution in [0.5, 0.6) is 5.75 Å². The Labute approximate surface area is 198 Å². The maximum absolute atomic E-state index is 14.0. The van der Waals surface area contributed by atoms with E-state index in [2.05, 4.69) is 4.98 Å². The molecule has 9 heteroatoms. The smallest absolute Gasteiger partial charge is 0.253 e. The fraction of sp³-hybridized carbons (Fsp3) is 0.280. The van der Waals surface area contributed by atoms with Crippen molar-refractivity contribution < 1.29 is 22.3 Å². The number of hydrogen-bond acceptors (Lipinski definition) is 5. The molecule has 178 valence electrons. The second-order valence-corrected chi connectivity index (χ2v) is 10.1. The van der Waals surface area contributed by atoms with Crippen LogP contribution in [-0.2, 0) is 16.6 Å². The number of hydrogen-bond donors (Lipinski definition) is 0. The molecule has 1 fully saturated rings. The average molecular weight is 484 g/mol. The molecular formula is C25H26FN3O4S. The third kappa shape index (κ3) is 4.95. The van der Waals surface area contributed by atoms with Crippen molar-refractivity contribution in [2.75, 3.05) is 26.2 Å². The highest BCUT2D eigenvalue weighted by molar-refractivity contribution is 7.89. The molecule has 1 aliphatic heterocycles. The number of halogens is 1. The van der Waals surface area contributed by atoms with Gasteiger partial charge in [-0.05, 0) is 55.3 Å². The minimum atomic E-state index is -3.96. The van der Waals surface area contributed by atoms with Gasteiger partial charge in [-0.2, -0.15) is 4.31 Å². The van der Waals surface area contributed by atoms with Crippen LogP contribution >= 0.6 is 0 Å². The van der Waals surface area contributed by atoms with Crippen LogP contribution in [0.2, 0.25) is 0 Å². The van der Waals surface area contributed by atoms with Gasteiger partial charge < -0.3 is 9.64 Å². The quantitative estimate of drug-likeness (QED) is 0.536. The number of ether oxygens (including phenoxy) is 1. The number of nitrogens with zero attached hydrogens (tertiary/aromatic N) is 3.